The van der Waals surface area contributed by atoms with Crippen LogP contribution in [0.5, 0.6) is 0 Å². The molecule has 25 heavy (non-hydrogen) atoms. The summed E-state index contributed by atoms with van der Waals surface area (Å²) in [5.41, 5.74) is 1.04. The minimum atomic E-state index is -0.616. The number of amides is 1. The lowest BCUT2D eigenvalue weighted by Crippen LogP contribution is -2.55. The van der Waals surface area contributed by atoms with Crippen molar-refractivity contribution in [3.8, 4) is 0 Å². The molecule has 1 aliphatic rings. The van der Waals surface area contributed by atoms with E-state index < -0.39 is 17.7 Å². The van der Waals surface area contributed by atoms with E-state index in [0.717, 1.165) is 6.07 Å². The van der Waals surface area contributed by atoms with E-state index in [9.17, 15) is 13.6 Å². The van der Waals surface area contributed by atoms with Crippen LogP contribution >= 0.6 is 23.2 Å². The molecule has 0 N–H and O–H groups in total. The largest absolute Gasteiger partial charge is 0.310 e. The first-order chi connectivity index (χ1) is 11.9. The standard InChI is InChI=1S/C18H16Cl2F2N2O/c1-11-18(25)24(14-4-5-15(19)16(20)9-14)7-6-23(11)10-12-2-3-13(21)8-17(12)22/h2-5,8-9,11H,6-7,10H2,1H3/t11-/m0/s1. The van der Waals surface area contributed by atoms with Crippen LogP contribution in [0.15, 0.2) is 36.4 Å². The third-order valence-electron chi connectivity index (χ3n) is 4.39. The van der Waals surface area contributed by atoms with E-state index in [0.29, 0.717) is 34.4 Å². The van der Waals surface area contributed by atoms with Gasteiger partial charge in [0.05, 0.1) is 16.1 Å². The Bertz CT molecular complexity index is 816. The van der Waals surface area contributed by atoms with Gasteiger partial charge in [0.2, 0.25) is 5.91 Å². The van der Waals surface area contributed by atoms with Gasteiger partial charge in [0.25, 0.3) is 0 Å². The Hall–Kier alpha value is -1.69. The van der Waals surface area contributed by atoms with Crippen LogP contribution in [0, 0.1) is 11.6 Å². The van der Waals surface area contributed by atoms with Crippen molar-refractivity contribution in [3.05, 3.63) is 63.6 Å². The maximum Gasteiger partial charge on any atom is 0.244 e. The van der Waals surface area contributed by atoms with Gasteiger partial charge in [0.15, 0.2) is 0 Å². The summed E-state index contributed by atoms with van der Waals surface area (Å²) in [4.78, 5) is 16.2. The quantitative estimate of drug-likeness (QED) is 0.777. The van der Waals surface area contributed by atoms with Gasteiger partial charge in [-0.3, -0.25) is 9.69 Å². The molecule has 3 rings (SSSR count). The zero-order valence-corrected chi connectivity index (χ0v) is 15.0. The Morgan fingerprint density at radius 3 is 2.52 bits per heavy atom. The lowest BCUT2D eigenvalue weighted by molar-refractivity contribution is -0.125. The van der Waals surface area contributed by atoms with E-state index in [4.69, 9.17) is 23.2 Å². The van der Waals surface area contributed by atoms with Crippen LogP contribution in [-0.4, -0.2) is 29.9 Å². The second kappa shape index (κ2) is 7.28. The van der Waals surface area contributed by atoms with Gasteiger partial charge in [-0.25, -0.2) is 8.78 Å². The fraction of sp³-hybridized carbons (Fsp3) is 0.278. The summed E-state index contributed by atoms with van der Waals surface area (Å²) in [6.45, 7) is 3.02. The predicted molar refractivity (Wildman–Crippen MR) is 95.0 cm³/mol. The molecule has 3 nitrogen and oxygen atoms in total. The van der Waals surface area contributed by atoms with Crippen molar-refractivity contribution in [2.45, 2.75) is 19.5 Å². The van der Waals surface area contributed by atoms with E-state index in [2.05, 4.69) is 0 Å². The lowest BCUT2D eigenvalue weighted by Gasteiger charge is -2.39. The van der Waals surface area contributed by atoms with Crippen molar-refractivity contribution in [2.24, 2.45) is 0 Å². The summed E-state index contributed by atoms with van der Waals surface area (Å²) in [5, 5.41) is 0.812. The summed E-state index contributed by atoms with van der Waals surface area (Å²) in [7, 11) is 0. The molecule has 0 unspecified atom stereocenters. The van der Waals surface area contributed by atoms with Gasteiger partial charge in [-0.1, -0.05) is 29.3 Å². The molecule has 1 fully saturated rings. The molecule has 0 spiro atoms. The van der Waals surface area contributed by atoms with Gasteiger partial charge < -0.3 is 4.90 Å². The minimum Gasteiger partial charge on any atom is -0.310 e. The summed E-state index contributed by atoms with van der Waals surface area (Å²) in [5.74, 6) is -1.33. The first-order valence-corrected chi connectivity index (χ1v) is 8.57. The van der Waals surface area contributed by atoms with Gasteiger partial charge in [-0.2, -0.15) is 0 Å². The maximum atomic E-state index is 13.9. The average molecular weight is 385 g/mol. The molecule has 0 saturated carbocycles. The van der Waals surface area contributed by atoms with Crippen LogP contribution < -0.4 is 4.90 Å². The molecule has 0 radical (unpaired) electrons. The number of hydrogen-bond acceptors (Lipinski definition) is 2. The van der Waals surface area contributed by atoms with Crippen LogP contribution in [-0.2, 0) is 11.3 Å². The van der Waals surface area contributed by atoms with Crippen LogP contribution in [0.2, 0.25) is 10.0 Å². The van der Waals surface area contributed by atoms with E-state index in [-0.39, 0.29) is 12.5 Å². The van der Waals surface area contributed by atoms with Gasteiger partial charge in [-0.05, 0) is 31.2 Å². The number of carbonyl (C=O) groups is 1. The number of rotatable bonds is 3. The zero-order valence-electron chi connectivity index (χ0n) is 13.5. The van der Waals surface area contributed by atoms with Crippen molar-refractivity contribution in [2.75, 3.05) is 18.0 Å². The zero-order chi connectivity index (χ0) is 18.1. The second-order valence-corrected chi connectivity index (χ2v) is 6.78. The molecule has 2 aromatic rings. The number of nitrogens with zero attached hydrogens (tertiary/aromatic N) is 2. The molecule has 1 amide bonds. The molecule has 1 atom stereocenters. The fourth-order valence-electron chi connectivity index (χ4n) is 2.91. The summed E-state index contributed by atoms with van der Waals surface area (Å²) in [6, 6.07) is 8.10. The SMILES string of the molecule is C[C@H]1C(=O)N(c2ccc(Cl)c(Cl)c2)CCN1Cc1ccc(F)cc1F. The molecule has 0 bridgehead atoms. The number of benzene rings is 2. The molecule has 132 valence electrons. The average Bonchev–Trinajstić information content (AvgIpc) is 2.57. The van der Waals surface area contributed by atoms with Crippen molar-refractivity contribution >= 4 is 34.8 Å². The molecule has 0 aromatic heterocycles. The van der Waals surface area contributed by atoms with Gasteiger partial charge in [0.1, 0.15) is 11.6 Å². The Morgan fingerprint density at radius 1 is 1.08 bits per heavy atom. The van der Waals surface area contributed by atoms with Crippen molar-refractivity contribution in [3.63, 3.8) is 0 Å². The van der Waals surface area contributed by atoms with Crippen LogP contribution in [0.1, 0.15) is 12.5 Å². The Morgan fingerprint density at radius 2 is 1.84 bits per heavy atom. The van der Waals surface area contributed by atoms with E-state index in [1.54, 1.807) is 30.0 Å². The molecule has 1 saturated heterocycles. The molecule has 1 heterocycles. The second-order valence-electron chi connectivity index (χ2n) is 5.97. The number of hydrogen-bond donors (Lipinski definition) is 0. The van der Waals surface area contributed by atoms with Crippen molar-refractivity contribution in [1.29, 1.82) is 0 Å². The highest BCUT2D eigenvalue weighted by Crippen LogP contribution is 2.29. The first-order valence-electron chi connectivity index (χ1n) is 7.81. The molecule has 2 aromatic carbocycles. The Kier molecular flexibility index (Phi) is 5.27. The summed E-state index contributed by atoms with van der Waals surface area (Å²) in [6.07, 6.45) is 0. The van der Waals surface area contributed by atoms with E-state index in [1.807, 2.05) is 4.90 Å². The maximum absolute atomic E-state index is 13.9. The highest BCUT2D eigenvalue weighted by molar-refractivity contribution is 6.42. The fourth-order valence-corrected chi connectivity index (χ4v) is 3.20. The number of halogens is 4. The summed E-state index contributed by atoms with van der Waals surface area (Å²) >= 11 is 11.9. The van der Waals surface area contributed by atoms with Gasteiger partial charge >= 0.3 is 0 Å². The predicted octanol–water partition coefficient (Wildman–Crippen LogP) is 4.51. The highest BCUT2D eigenvalue weighted by Gasteiger charge is 2.32. The first kappa shape index (κ1) is 18.1. The summed E-state index contributed by atoms with van der Waals surface area (Å²) < 4.78 is 26.9. The Balaban J connectivity index is 1.75. The molecule has 7 heteroatoms. The molecular weight excluding hydrogens is 369 g/mol. The van der Waals surface area contributed by atoms with Gasteiger partial charge in [-0.15, -0.1) is 0 Å². The third-order valence-corrected chi connectivity index (χ3v) is 5.12. The topological polar surface area (TPSA) is 23.6 Å². The lowest BCUT2D eigenvalue weighted by atomic mass is 10.1. The number of carbonyl (C=O) groups excluding carboxylic acids is 1. The van der Waals surface area contributed by atoms with Crippen LogP contribution in [0.3, 0.4) is 0 Å². The van der Waals surface area contributed by atoms with Crippen molar-refractivity contribution < 1.29 is 13.6 Å². The monoisotopic (exact) mass is 384 g/mol. The van der Waals surface area contributed by atoms with Crippen LogP contribution in [0.4, 0.5) is 14.5 Å². The van der Waals surface area contributed by atoms with Crippen molar-refractivity contribution in [1.82, 2.24) is 4.90 Å². The van der Waals surface area contributed by atoms with E-state index in [1.165, 1.54) is 12.1 Å². The van der Waals surface area contributed by atoms with Crippen LogP contribution in [0.25, 0.3) is 0 Å². The number of anilines is 1. The highest BCUT2D eigenvalue weighted by atomic mass is 35.5. The Labute approximate surface area is 154 Å². The smallest absolute Gasteiger partial charge is 0.244 e. The molecule has 0 aliphatic carbocycles. The minimum absolute atomic E-state index is 0.104. The molecular formula is C18H16Cl2F2N2O. The van der Waals surface area contributed by atoms with Gasteiger partial charge in [0, 0.05) is 37.0 Å². The normalized spacial score (nSPS) is 18.7. The van der Waals surface area contributed by atoms with E-state index >= 15 is 0 Å². The number of piperazine rings is 1. The third kappa shape index (κ3) is 3.78. The molecule has 1 aliphatic heterocycles.